The molecule has 0 atom stereocenters. The number of thiophene rings is 1. The zero-order valence-corrected chi connectivity index (χ0v) is 30.6. The van der Waals surface area contributed by atoms with E-state index in [1.165, 1.54) is 59.3 Å². The predicted octanol–water partition coefficient (Wildman–Crippen LogP) is 13.9. The predicted molar refractivity (Wildman–Crippen MR) is 231 cm³/mol. The molecule has 0 fully saturated rings. The lowest BCUT2D eigenvalue weighted by Gasteiger charge is -2.13. The highest BCUT2D eigenvalue weighted by molar-refractivity contribution is 7.26. The van der Waals surface area contributed by atoms with E-state index < -0.39 is 0 Å². The first kappa shape index (κ1) is 32.6. The van der Waals surface area contributed by atoms with Crippen molar-refractivity contribution in [2.24, 2.45) is 0 Å². The van der Waals surface area contributed by atoms with Crippen molar-refractivity contribution >= 4 is 31.5 Å². The molecule has 10 rings (SSSR count). The fourth-order valence-corrected chi connectivity index (χ4v) is 8.56. The van der Waals surface area contributed by atoms with Crippen molar-refractivity contribution in [1.82, 2.24) is 15.0 Å². The van der Waals surface area contributed by atoms with Crippen LogP contribution in [-0.4, -0.2) is 15.0 Å². The number of rotatable bonds is 7. The van der Waals surface area contributed by atoms with Gasteiger partial charge in [0.15, 0.2) is 17.5 Å². The van der Waals surface area contributed by atoms with Gasteiger partial charge in [0.25, 0.3) is 0 Å². The largest absolute Gasteiger partial charge is 0.208 e. The van der Waals surface area contributed by atoms with E-state index in [1.807, 2.05) is 36.4 Å². The van der Waals surface area contributed by atoms with Gasteiger partial charge >= 0.3 is 0 Å². The SMILES string of the molecule is c1ccc(-c2ccc(-c3ccccc3-c3cccc(-c4ccc5sc6cccc(-c7nc(-c8ccccc8)nc(-c8ccccc8)n7)c6c5c4)c3)cc2)cc1. The third-order valence-electron chi connectivity index (χ3n) is 10.2. The molecule has 0 N–H and O–H groups in total. The lowest BCUT2D eigenvalue weighted by Crippen LogP contribution is -2.00. The second-order valence-electron chi connectivity index (χ2n) is 13.6. The minimum Gasteiger partial charge on any atom is -0.208 e. The maximum absolute atomic E-state index is 5.10. The third kappa shape index (κ3) is 6.29. The summed E-state index contributed by atoms with van der Waals surface area (Å²) in [5.41, 5.74) is 12.5. The van der Waals surface area contributed by atoms with Crippen LogP contribution in [0.1, 0.15) is 0 Å². The third-order valence-corrected chi connectivity index (χ3v) is 11.3. The molecule has 0 bridgehead atoms. The average molecular weight is 720 g/mol. The van der Waals surface area contributed by atoms with Crippen LogP contribution >= 0.6 is 11.3 Å². The van der Waals surface area contributed by atoms with Crippen LogP contribution in [0.15, 0.2) is 200 Å². The van der Waals surface area contributed by atoms with Crippen molar-refractivity contribution in [3.05, 3.63) is 200 Å². The fourth-order valence-electron chi connectivity index (χ4n) is 7.45. The quantitative estimate of drug-likeness (QED) is 0.165. The molecule has 0 unspecified atom stereocenters. The van der Waals surface area contributed by atoms with Gasteiger partial charge in [0.05, 0.1) is 0 Å². The lowest BCUT2D eigenvalue weighted by atomic mass is 9.91. The molecule has 3 nitrogen and oxygen atoms in total. The molecule has 4 heteroatoms. The lowest BCUT2D eigenvalue weighted by molar-refractivity contribution is 1.08. The molecular weight excluding hydrogens is 687 g/mol. The Labute approximate surface area is 323 Å². The summed E-state index contributed by atoms with van der Waals surface area (Å²) in [4.78, 5) is 15.1. The van der Waals surface area contributed by atoms with Crippen LogP contribution in [0, 0.1) is 0 Å². The molecule has 0 amide bonds. The van der Waals surface area contributed by atoms with E-state index in [2.05, 4.69) is 164 Å². The second-order valence-corrected chi connectivity index (χ2v) is 14.7. The van der Waals surface area contributed by atoms with Crippen molar-refractivity contribution in [3.63, 3.8) is 0 Å². The summed E-state index contributed by atoms with van der Waals surface area (Å²) >= 11 is 1.80. The van der Waals surface area contributed by atoms with E-state index in [9.17, 15) is 0 Å². The van der Waals surface area contributed by atoms with Crippen molar-refractivity contribution in [1.29, 1.82) is 0 Å². The van der Waals surface area contributed by atoms with Crippen molar-refractivity contribution in [3.8, 4) is 78.7 Å². The Morgan fingerprint density at radius 2 is 0.727 bits per heavy atom. The summed E-state index contributed by atoms with van der Waals surface area (Å²) in [5.74, 6) is 1.98. The highest BCUT2D eigenvalue weighted by Crippen LogP contribution is 2.42. The Bertz CT molecular complexity index is 2900. The molecule has 258 valence electrons. The summed E-state index contributed by atoms with van der Waals surface area (Å²) < 4.78 is 2.43. The van der Waals surface area contributed by atoms with Crippen molar-refractivity contribution < 1.29 is 0 Å². The molecule has 8 aromatic carbocycles. The molecule has 0 radical (unpaired) electrons. The number of aromatic nitrogens is 3. The van der Waals surface area contributed by atoms with Crippen molar-refractivity contribution in [2.45, 2.75) is 0 Å². The van der Waals surface area contributed by atoms with Gasteiger partial charge in [0.1, 0.15) is 0 Å². The fraction of sp³-hybridized carbons (Fsp3) is 0. The Kier molecular flexibility index (Phi) is 8.36. The Balaban J connectivity index is 1.07. The molecule has 0 aliphatic rings. The molecule has 0 aliphatic carbocycles. The maximum Gasteiger partial charge on any atom is 0.164 e. The van der Waals surface area contributed by atoms with Gasteiger partial charge in [0.2, 0.25) is 0 Å². The van der Waals surface area contributed by atoms with E-state index in [4.69, 9.17) is 15.0 Å². The van der Waals surface area contributed by atoms with Gasteiger partial charge in [-0.25, -0.2) is 15.0 Å². The molecule has 0 saturated carbocycles. The zero-order valence-electron chi connectivity index (χ0n) is 29.8. The molecule has 0 saturated heterocycles. The number of hydrogen-bond acceptors (Lipinski definition) is 4. The standard InChI is InChI=1S/C51H33N3S/c1-4-14-34(15-5-1)35-26-28-36(29-27-35)42-22-10-11-23-43(42)41-21-12-20-39(32-41)40-30-31-46-45(33-40)48-44(24-13-25-47(48)55-46)51-53-49(37-16-6-2-7-17-37)52-50(54-51)38-18-8-3-9-19-38/h1-33H. The summed E-state index contributed by atoms with van der Waals surface area (Å²) in [5, 5.41) is 2.36. The molecule has 0 spiro atoms. The minimum absolute atomic E-state index is 0.658. The Hall–Kier alpha value is -7.01. The molecule has 2 aromatic heterocycles. The first-order chi connectivity index (χ1) is 27.2. The number of fused-ring (bicyclic) bond motifs is 3. The van der Waals surface area contributed by atoms with Crippen LogP contribution in [-0.2, 0) is 0 Å². The summed E-state index contributed by atoms with van der Waals surface area (Å²) in [7, 11) is 0. The number of hydrogen-bond donors (Lipinski definition) is 0. The number of nitrogens with zero attached hydrogens (tertiary/aromatic N) is 3. The van der Waals surface area contributed by atoms with Crippen LogP contribution in [0.2, 0.25) is 0 Å². The first-order valence-corrected chi connectivity index (χ1v) is 19.3. The van der Waals surface area contributed by atoms with Gasteiger partial charge in [-0.3, -0.25) is 0 Å². The van der Waals surface area contributed by atoms with E-state index in [-0.39, 0.29) is 0 Å². The smallest absolute Gasteiger partial charge is 0.164 e. The van der Waals surface area contributed by atoms with Gasteiger partial charge < -0.3 is 0 Å². The van der Waals surface area contributed by atoms with Gasteiger partial charge in [-0.15, -0.1) is 11.3 Å². The molecular formula is C51H33N3S. The summed E-state index contributed by atoms with van der Waals surface area (Å²) in [6.45, 7) is 0. The maximum atomic E-state index is 5.10. The monoisotopic (exact) mass is 719 g/mol. The van der Waals surface area contributed by atoms with Crippen molar-refractivity contribution in [2.75, 3.05) is 0 Å². The zero-order chi connectivity index (χ0) is 36.6. The molecule has 55 heavy (non-hydrogen) atoms. The summed E-state index contributed by atoms with van der Waals surface area (Å²) in [6.07, 6.45) is 0. The Morgan fingerprint density at radius 3 is 1.40 bits per heavy atom. The first-order valence-electron chi connectivity index (χ1n) is 18.4. The molecule has 10 aromatic rings. The summed E-state index contributed by atoms with van der Waals surface area (Å²) in [6, 6.07) is 70.6. The van der Waals surface area contributed by atoms with Crippen LogP contribution < -0.4 is 0 Å². The topological polar surface area (TPSA) is 38.7 Å². The average Bonchev–Trinajstić information content (AvgIpc) is 3.66. The van der Waals surface area contributed by atoms with Crippen LogP contribution in [0.5, 0.6) is 0 Å². The minimum atomic E-state index is 0.658. The Morgan fingerprint density at radius 1 is 0.273 bits per heavy atom. The van der Waals surface area contributed by atoms with E-state index >= 15 is 0 Å². The van der Waals surface area contributed by atoms with Gasteiger partial charge in [-0.1, -0.05) is 176 Å². The highest BCUT2D eigenvalue weighted by Gasteiger charge is 2.18. The van der Waals surface area contributed by atoms with Crippen LogP contribution in [0.4, 0.5) is 0 Å². The van der Waals surface area contributed by atoms with Crippen LogP contribution in [0.3, 0.4) is 0 Å². The molecule has 2 heterocycles. The van der Waals surface area contributed by atoms with Gasteiger partial charge in [-0.05, 0) is 68.8 Å². The number of benzene rings is 8. The van der Waals surface area contributed by atoms with Gasteiger partial charge in [-0.2, -0.15) is 0 Å². The van der Waals surface area contributed by atoms with Crippen LogP contribution in [0.25, 0.3) is 98.8 Å². The second kappa shape index (κ2) is 14.1. The molecule has 0 aliphatic heterocycles. The van der Waals surface area contributed by atoms with E-state index in [1.54, 1.807) is 11.3 Å². The normalized spacial score (nSPS) is 11.3. The highest BCUT2D eigenvalue weighted by atomic mass is 32.1. The van der Waals surface area contributed by atoms with E-state index in [0.29, 0.717) is 17.5 Å². The van der Waals surface area contributed by atoms with Gasteiger partial charge in [0, 0.05) is 36.9 Å². The van der Waals surface area contributed by atoms with E-state index in [0.717, 1.165) is 22.1 Å².